The fraction of sp³-hybridized carbons (Fsp3) is 0.278. The quantitative estimate of drug-likeness (QED) is 0.707. The molecule has 0 bridgehead atoms. The van der Waals surface area contributed by atoms with Crippen molar-refractivity contribution in [1.82, 2.24) is 9.80 Å². The van der Waals surface area contributed by atoms with Crippen molar-refractivity contribution in [2.24, 2.45) is 0 Å². The molecule has 1 saturated heterocycles. The van der Waals surface area contributed by atoms with E-state index < -0.39 is 0 Å². The van der Waals surface area contributed by atoms with Crippen LogP contribution in [0.3, 0.4) is 0 Å². The van der Waals surface area contributed by atoms with Gasteiger partial charge in [0.2, 0.25) is 0 Å². The zero-order valence-corrected chi connectivity index (χ0v) is 16.1. The molecule has 24 heavy (non-hydrogen) atoms. The van der Waals surface area contributed by atoms with Crippen molar-refractivity contribution >= 4 is 45.0 Å². The molecular formula is C18H17BrCl2N2O. The second kappa shape index (κ2) is 7.87. The number of benzene rings is 2. The lowest BCUT2D eigenvalue weighted by molar-refractivity contribution is 0.0628. The topological polar surface area (TPSA) is 23.6 Å². The van der Waals surface area contributed by atoms with Crippen LogP contribution >= 0.6 is 39.1 Å². The van der Waals surface area contributed by atoms with Crippen molar-refractivity contribution in [2.75, 3.05) is 26.2 Å². The van der Waals surface area contributed by atoms with Crippen molar-refractivity contribution in [3.05, 3.63) is 68.1 Å². The highest BCUT2D eigenvalue weighted by Crippen LogP contribution is 2.23. The molecule has 0 saturated carbocycles. The van der Waals surface area contributed by atoms with Gasteiger partial charge in [0.05, 0.1) is 10.0 Å². The number of carbonyl (C=O) groups is 1. The summed E-state index contributed by atoms with van der Waals surface area (Å²) in [5.74, 6) is 0.0884. The third-order valence-corrected chi connectivity index (χ3v) is 5.35. The van der Waals surface area contributed by atoms with E-state index in [0.29, 0.717) is 10.0 Å². The molecule has 1 fully saturated rings. The molecule has 0 aromatic heterocycles. The van der Waals surface area contributed by atoms with Crippen molar-refractivity contribution in [3.8, 4) is 0 Å². The van der Waals surface area contributed by atoms with Gasteiger partial charge in [0.15, 0.2) is 0 Å². The molecule has 1 heterocycles. The van der Waals surface area contributed by atoms with E-state index in [4.69, 9.17) is 23.2 Å². The first kappa shape index (κ1) is 17.7. The third kappa shape index (κ3) is 4.31. The molecule has 2 aromatic rings. The number of piperazine rings is 1. The Morgan fingerprint density at radius 3 is 2.42 bits per heavy atom. The largest absolute Gasteiger partial charge is 0.336 e. The number of nitrogens with zero attached hydrogens (tertiary/aromatic N) is 2. The lowest BCUT2D eigenvalue weighted by Crippen LogP contribution is -2.48. The Hall–Kier alpha value is -1.07. The van der Waals surface area contributed by atoms with Gasteiger partial charge in [0.1, 0.15) is 0 Å². The Labute approximate surface area is 160 Å². The molecule has 1 aliphatic heterocycles. The molecule has 0 unspecified atom stereocenters. The summed E-state index contributed by atoms with van der Waals surface area (Å²) in [4.78, 5) is 16.8. The molecular weight excluding hydrogens is 411 g/mol. The van der Waals surface area contributed by atoms with Crippen LogP contribution in [0.15, 0.2) is 46.9 Å². The lowest BCUT2D eigenvalue weighted by Gasteiger charge is -2.34. The van der Waals surface area contributed by atoms with E-state index in [1.807, 2.05) is 47.4 Å². The number of hydrogen-bond acceptors (Lipinski definition) is 2. The summed E-state index contributed by atoms with van der Waals surface area (Å²) in [5.41, 5.74) is 1.86. The number of amides is 1. The Balaban J connectivity index is 1.57. The van der Waals surface area contributed by atoms with Crippen molar-refractivity contribution < 1.29 is 4.79 Å². The lowest BCUT2D eigenvalue weighted by atomic mass is 10.1. The van der Waals surface area contributed by atoms with Gasteiger partial charge in [-0.1, -0.05) is 51.3 Å². The highest BCUT2D eigenvalue weighted by molar-refractivity contribution is 9.10. The predicted octanol–water partition coefficient (Wildman–Crippen LogP) is 4.71. The van der Waals surface area contributed by atoms with Crippen LogP contribution in [0.25, 0.3) is 0 Å². The molecule has 0 radical (unpaired) electrons. The predicted molar refractivity (Wildman–Crippen MR) is 102 cm³/mol. The van der Waals surface area contributed by atoms with Crippen LogP contribution in [0.1, 0.15) is 15.9 Å². The minimum Gasteiger partial charge on any atom is -0.336 e. The number of halogens is 3. The van der Waals surface area contributed by atoms with Crippen molar-refractivity contribution in [2.45, 2.75) is 6.54 Å². The summed E-state index contributed by atoms with van der Waals surface area (Å²) in [6.07, 6.45) is 0. The van der Waals surface area contributed by atoms with E-state index in [9.17, 15) is 4.79 Å². The standard InChI is InChI=1S/C18H17BrCl2N2O/c19-15-3-1-2-14(11-15)18(24)23-8-6-22(7-9-23)12-13-4-5-16(20)17(21)10-13/h1-5,10-11H,6-9,12H2. The highest BCUT2D eigenvalue weighted by Gasteiger charge is 2.22. The first-order chi connectivity index (χ1) is 11.5. The highest BCUT2D eigenvalue weighted by atomic mass is 79.9. The van der Waals surface area contributed by atoms with Gasteiger partial charge in [-0.3, -0.25) is 9.69 Å². The van der Waals surface area contributed by atoms with Crippen LogP contribution in [0.2, 0.25) is 10.0 Å². The fourth-order valence-corrected chi connectivity index (χ4v) is 3.53. The Kier molecular flexibility index (Phi) is 5.82. The number of rotatable bonds is 3. The molecule has 1 amide bonds. The minimum atomic E-state index is 0.0884. The maximum Gasteiger partial charge on any atom is 0.253 e. The van der Waals surface area contributed by atoms with E-state index in [1.165, 1.54) is 0 Å². The van der Waals surface area contributed by atoms with E-state index in [1.54, 1.807) is 0 Å². The SMILES string of the molecule is O=C(c1cccc(Br)c1)N1CCN(Cc2ccc(Cl)c(Cl)c2)CC1. The van der Waals surface area contributed by atoms with E-state index in [0.717, 1.165) is 48.3 Å². The van der Waals surface area contributed by atoms with Crippen LogP contribution in [0.5, 0.6) is 0 Å². The van der Waals surface area contributed by atoms with Gasteiger partial charge >= 0.3 is 0 Å². The van der Waals surface area contributed by atoms with Crippen LogP contribution in [0.4, 0.5) is 0 Å². The summed E-state index contributed by atoms with van der Waals surface area (Å²) < 4.78 is 0.923. The van der Waals surface area contributed by atoms with Crippen LogP contribution in [0, 0.1) is 0 Å². The molecule has 0 spiro atoms. The second-order valence-corrected chi connectivity index (χ2v) is 7.56. The summed E-state index contributed by atoms with van der Waals surface area (Å²) in [6.45, 7) is 3.97. The van der Waals surface area contributed by atoms with E-state index in [-0.39, 0.29) is 5.91 Å². The van der Waals surface area contributed by atoms with Crippen LogP contribution in [-0.4, -0.2) is 41.9 Å². The van der Waals surface area contributed by atoms with Crippen LogP contribution < -0.4 is 0 Å². The smallest absolute Gasteiger partial charge is 0.253 e. The fourth-order valence-electron chi connectivity index (χ4n) is 2.81. The molecule has 6 heteroatoms. The molecule has 3 nitrogen and oxygen atoms in total. The van der Waals surface area contributed by atoms with Gasteiger partial charge in [-0.05, 0) is 35.9 Å². The molecule has 3 rings (SSSR count). The summed E-state index contributed by atoms with van der Waals surface area (Å²) in [7, 11) is 0. The second-order valence-electron chi connectivity index (χ2n) is 5.83. The van der Waals surface area contributed by atoms with Gasteiger partial charge in [-0.15, -0.1) is 0 Å². The molecule has 0 aliphatic carbocycles. The number of carbonyl (C=O) groups excluding carboxylic acids is 1. The minimum absolute atomic E-state index is 0.0884. The van der Waals surface area contributed by atoms with Gasteiger partial charge < -0.3 is 4.90 Å². The summed E-state index contributed by atoms with van der Waals surface area (Å²) in [6, 6.07) is 13.3. The number of hydrogen-bond donors (Lipinski definition) is 0. The van der Waals surface area contributed by atoms with Gasteiger partial charge in [-0.2, -0.15) is 0 Å². The molecule has 0 N–H and O–H groups in total. The van der Waals surface area contributed by atoms with Crippen molar-refractivity contribution in [1.29, 1.82) is 0 Å². The van der Waals surface area contributed by atoms with Crippen LogP contribution in [-0.2, 0) is 6.54 Å². The van der Waals surface area contributed by atoms with E-state index >= 15 is 0 Å². The summed E-state index contributed by atoms with van der Waals surface area (Å²) >= 11 is 15.4. The Morgan fingerprint density at radius 2 is 1.75 bits per heavy atom. The molecule has 2 aromatic carbocycles. The zero-order chi connectivity index (χ0) is 17.1. The Bertz CT molecular complexity index is 746. The zero-order valence-electron chi connectivity index (χ0n) is 13.0. The Morgan fingerprint density at radius 1 is 1.00 bits per heavy atom. The summed E-state index contributed by atoms with van der Waals surface area (Å²) in [5, 5.41) is 1.16. The van der Waals surface area contributed by atoms with E-state index in [2.05, 4.69) is 20.8 Å². The van der Waals surface area contributed by atoms with Crippen molar-refractivity contribution in [3.63, 3.8) is 0 Å². The van der Waals surface area contributed by atoms with Gasteiger partial charge in [-0.25, -0.2) is 0 Å². The molecule has 0 atom stereocenters. The first-order valence-electron chi connectivity index (χ1n) is 7.74. The van der Waals surface area contributed by atoms with Gasteiger partial charge in [0.25, 0.3) is 5.91 Å². The first-order valence-corrected chi connectivity index (χ1v) is 9.29. The third-order valence-electron chi connectivity index (χ3n) is 4.12. The van der Waals surface area contributed by atoms with Gasteiger partial charge in [0, 0.05) is 42.8 Å². The maximum absolute atomic E-state index is 12.6. The monoisotopic (exact) mass is 426 g/mol. The average Bonchev–Trinajstić information content (AvgIpc) is 2.58. The molecule has 1 aliphatic rings. The maximum atomic E-state index is 12.6. The molecule has 126 valence electrons. The normalized spacial score (nSPS) is 15.5. The average molecular weight is 428 g/mol.